The smallest absolute Gasteiger partial charge is 0.348 e. The van der Waals surface area contributed by atoms with Gasteiger partial charge in [-0.15, -0.1) is 0 Å². The monoisotopic (exact) mass is 410 g/mol. The molecule has 0 radical (unpaired) electrons. The lowest BCUT2D eigenvalue weighted by Gasteiger charge is -2.14. The maximum Gasteiger partial charge on any atom is 0.417 e. The van der Waals surface area contributed by atoms with E-state index >= 15 is 0 Å². The van der Waals surface area contributed by atoms with Crippen LogP contribution in [0.4, 0.5) is 13.2 Å². The van der Waals surface area contributed by atoms with Gasteiger partial charge in [0.25, 0.3) is 5.91 Å². The highest BCUT2D eigenvalue weighted by molar-refractivity contribution is 6.06. The standard InChI is InChI=1S/C22H17F3N4O/c1-29-20-17(13-27-29)16(21(30)26-12-14-7-3-2-4-8-14)11-19(28-20)15-9-5-6-10-18(15)22(23,24)25/h2-11,13H,12H2,1H3,(H,26,30). The minimum absolute atomic E-state index is 0.0592. The van der Waals surface area contributed by atoms with E-state index in [0.29, 0.717) is 11.0 Å². The average molecular weight is 410 g/mol. The fourth-order valence-corrected chi connectivity index (χ4v) is 3.27. The van der Waals surface area contributed by atoms with Gasteiger partial charge in [0.1, 0.15) is 0 Å². The van der Waals surface area contributed by atoms with E-state index in [2.05, 4.69) is 15.4 Å². The summed E-state index contributed by atoms with van der Waals surface area (Å²) in [5, 5.41) is 7.40. The van der Waals surface area contributed by atoms with Crippen molar-refractivity contribution in [2.45, 2.75) is 12.7 Å². The second-order valence-electron chi connectivity index (χ2n) is 6.77. The molecule has 0 fully saturated rings. The number of amides is 1. The zero-order chi connectivity index (χ0) is 21.3. The van der Waals surface area contributed by atoms with Crippen LogP contribution in [0.25, 0.3) is 22.3 Å². The Kier molecular flexibility index (Phi) is 4.99. The van der Waals surface area contributed by atoms with Crippen molar-refractivity contribution in [2.75, 3.05) is 0 Å². The number of hydrogen-bond acceptors (Lipinski definition) is 3. The Bertz CT molecular complexity index is 1220. The third-order valence-corrected chi connectivity index (χ3v) is 4.75. The molecule has 2 heterocycles. The highest BCUT2D eigenvalue weighted by Crippen LogP contribution is 2.37. The number of hydrogen-bond donors (Lipinski definition) is 1. The van der Waals surface area contributed by atoms with Gasteiger partial charge in [-0.2, -0.15) is 18.3 Å². The summed E-state index contributed by atoms with van der Waals surface area (Å²) in [5.41, 5.74) is 0.610. The van der Waals surface area contributed by atoms with Crippen molar-refractivity contribution in [2.24, 2.45) is 7.05 Å². The van der Waals surface area contributed by atoms with Gasteiger partial charge >= 0.3 is 6.18 Å². The second kappa shape index (κ2) is 7.62. The summed E-state index contributed by atoms with van der Waals surface area (Å²) >= 11 is 0. The largest absolute Gasteiger partial charge is 0.417 e. The highest BCUT2D eigenvalue weighted by Gasteiger charge is 2.34. The van der Waals surface area contributed by atoms with E-state index < -0.39 is 17.6 Å². The molecule has 152 valence electrons. The molecule has 1 N–H and O–H groups in total. The first kappa shape index (κ1) is 19.6. The first-order chi connectivity index (χ1) is 14.3. The number of fused-ring (bicyclic) bond motifs is 1. The van der Waals surface area contributed by atoms with E-state index in [1.165, 1.54) is 35.1 Å². The van der Waals surface area contributed by atoms with Crippen LogP contribution in [0.5, 0.6) is 0 Å². The molecule has 30 heavy (non-hydrogen) atoms. The summed E-state index contributed by atoms with van der Waals surface area (Å²) in [6.07, 6.45) is -3.06. The minimum Gasteiger partial charge on any atom is -0.348 e. The van der Waals surface area contributed by atoms with Crippen LogP contribution < -0.4 is 5.32 Å². The van der Waals surface area contributed by atoms with Crippen molar-refractivity contribution in [3.8, 4) is 11.3 Å². The maximum absolute atomic E-state index is 13.5. The van der Waals surface area contributed by atoms with Gasteiger partial charge in [-0.1, -0.05) is 48.5 Å². The van der Waals surface area contributed by atoms with Crippen LogP contribution in [0.2, 0.25) is 0 Å². The van der Waals surface area contributed by atoms with E-state index in [-0.39, 0.29) is 23.4 Å². The van der Waals surface area contributed by atoms with Gasteiger partial charge in [-0.3, -0.25) is 9.48 Å². The molecule has 0 aliphatic heterocycles. The topological polar surface area (TPSA) is 59.8 Å². The quantitative estimate of drug-likeness (QED) is 0.536. The molecule has 0 bridgehead atoms. The molecule has 2 aromatic heterocycles. The van der Waals surface area contributed by atoms with Gasteiger partial charge in [0, 0.05) is 19.2 Å². The fourth-order valence-electron chi connectivity index (χ4n) is 3.27. The maximum atomic E-state index is 13.5. The lowest BCUT2D eigenvalue weighted by atomic mass is 10.0. The summed E-state index contributed by atoms with van der Waals surface area (Å²) in [6, 6.07) is 15.9. The van der Waals surface area contributed by atoms with Crippen LogP contribution >= 0.6 is 0 Å². The van der Waals surface area contributed by atoms with Crippen LogP contribution in [0.15, 0.2) is 66.9 Å². The molecule has 2 aromatic carbocycles. The number of pyridine rings is 1. The molecular weight excluding hydrogens is 393 g/mol. The fraction of sp³-hybridized carbons (Fsp3) is 0.136. The normalized spacial score (nSPS) is 11.6. The molecular formula is C22H17F3N4O. The van der Waals surface area contributed by atoms with Crippen molar-refractivity contribution < 1.29 is 18.0 Å². The number of carbonyl (C=O) groups excluding carboxylic acids is 1. The first-order valence-corrected chi connectivity index (χ1v) is 9.16. The van der Waals surface area contributed by atoms with Crippen LogP contribution in [0.1, 0.15) is 21.5 Å². The summed E-state index contributed by atoms with van der Waals surface area (Å²) in [5.74, 6) is -0.412. The number of carbonyl (C=O) groups is 1. The van der Waals surface area contributed by atoms with Crippen molar-refractivity contribution in [1.29, 1.82) is 0 Å². The Morgan fingerprint density at radius 3 is 2.50 bits per heavy atom. The molecule has 8 heteroatoms. The number of alkyl halides is 3. The molecule has 0 aliphatic rings. The molecule has 0 spiro atoms. The average Bonchev–Trinajstić information content (AvgIpc) is 3.12. The number of benzene rings is 2. The summed E-state index contributed by atoms with van der Waals surface area (Å²) in [6.45, 7) is 0.290. The Balaban J connectivity index is 1.79. The summed E-state index contributed by atoms with van der Waals surface area (Å²) in [7, 11) is 1.63. The zero-order valence-electron chi connectivity index (χ0n) is 15.9. The van der Waals surface area contributed by atoms with Crippen LogP contribution in [-0.4, -0.2) is 20.7 Å². The predicted octanol–water partition coefficient (Wildman–Crippen LogP) is 4.58. The predicted molar refractivity (Wildman–Crippen MR) is 107 cm³/mol. The van der Waals surface area contributed by atoms with E-state index in [9.17, 15) is 18.0 Å². The van der Waals surface area contributed by atoms with Crippen molar-refractivity contribution in [3.05, 3.63) is 83.6 Å². The van der Waals surface area contributed by atoms with Crippen LogP contribution in [-0.2, 0) is 19.8 Å². The zero-order valence-corrected chi connectivity index (χ0v) is 15.9. The lowest BCUT2D eigenvalue weighted by Crippen LogP contribution is -2.23. The van der Waals surface area contributed by atoms with Gasteiger partial charge in [0.05, 0.1) is 28.4 Å². The van der Waals surface area contributed by atoms with E-state index in [1.54, 1.807) is 7.05 Å². The van der Waals surface area contributed by atoms with Gasteiger partial charge in [0.15, 0.2) is 5.65 Å². The SMILES string of the molecule is Cn1ncc2c(C(=O)NCc3ccccc3)cc(-c3ccccc3C(F)(F)F)nc21. The number of nitrogens with zero attached hydrogens (tertiary/aromatic N) is 3. The van der Waals surface area contributed by atoms with Crippen LogP contribution in [0, 0.1) is 0 Å². The van der Waals surface area contributed by atoms with E-state index in [0.717, 1.165) is 11.6 Å². The van der Waals surface area contributed by atoms with Gasteiger partial charge in [-0.05, 0) is 17.7 Å². The van der Waals surface area contributed by atoms with Crippen molar-refractivity contribution >= 4 is 16.9 Å². The third-order valence-electron chi connectivity index (χ3n) is 4.75. The number of aromatic nitrogens is 3. The Morgan fingerprint density at radius 2 is 1.77 bits per heavy atom. The number of rotatable bonds is 4. The Labute approximate surface area is 170 Å². The summed E-state index contributed by atoms with van der Waals surface area (Å²) < 4.78 is 42.0. The van der Waals surface area contributed by atoms with Gasteiger partial charge in [0.2, 0.25) is 0 Å². The van der Waals surface area contributed by atoms with E-state index in [4.69, 9.17) is 0 Å². The Hall–Kier alpha value is -3.68. The molecule has 0 unspecified atom stereocenters. The van der Waals surface area contributed by atoms with Gasteiger partial charge < -0.3 is 5.32 Å². The van der Waals surface area contributed by atoms with Crippen molar-refractivity contribution in [3.63, 3.8) is 0 Å². The third kappa shape index (κ3) is 3.76. The summed E-state index contributed by atoms with van der Waals surface area (Å²) in [4.78, 5) is 17.3. The Morgan fingerprint density at radius 1 is 1.07 bits per heavy atom. The highest BCUT2D eigenvalue weighted by atomic mass is 19.4. The number of aryl methyl sites for hydroxylation is 1. The molecule has 5 nitrogen and oxygen atoms in total. The lowest BCUT2D eigenvalue weighted by molar-refractivity contribution is -0.137. The molecule has 4 aromatic rings. The number of halogens is 3. The molecule has 1 amide bonds. The van der Waals surface area contributed by atoms with Crippen LogP contribution in [0.3, 0.4) is 0 Å². The molecule has 4 rings (SSSR count). The van der Waals surface area contributed by atoms with Gasteiger partial charge in [-0.25, -0.2) is 4.98 Å². The molecule has 0 saturated heterocycles. The first-order valence-electron chi connectivity index (χ1n) is 9.16. The molecule has 0 aliphatic carbocycles. The van der Waals surface area contributed by atoms with E-state index in [1.807, 2.05) is 30.3 Å². The number of nitrogens with one attached hydrogen (secondary N) is 1. The minimum atomic E-state index is -4.55. The second-order valence-corrected chi connectivity index (χ2v) is 6.77. The van der Waals surface area contributed by atoms with Crippen molar-refractivity contribution in [1.82, 2.24) is 20.1 Å². The molecule has 0 saturated carbocycles. The molecule has 0 atom stereocenters.